The van der Waals surface area contributed by atoms with Crippen molar-refractivity contribution in [3.8, 4) is 0 Å². The number of hydrogen-bond donors (Lipinski definition) is 2. The lowest BCUT2D eigenvalue weighted by atomic mass is 10.1. The van der Waals surface area contributed by atoms with Gasteiger partial charge in [0.25, 0.3) is 5.91 Å². The largest absolute Gasteiger partial charge is 0.361 e. The Balaban J connectivity index is 1.23. The first-order valence-electron chi connectivity index (χ1n) is 10.3. The number of hydrogen-bond acceptors (Lipinski definition) is 4. The summed E-state index contributed by atoms with van der Waals surface area (Å²) in [5.74, 6) is -0.692. The van der Waals surface area contributed by atoms with Crippen molar-refractivity contribution in [1.29, 1.82) is 0 Å². The number of nitrogens with one attached hydrogen (secondary N) is 2. The molecule has 0 spiro atoms. The second-order valence-corrected chi connectivity index (χ2v) is 9.09. The van der Waals surface area contributed by atoms with E-state index in [4.69, 9.17) is 12.2 Å². The van der Waals surface area contributed by atoms with E-state index in [9.17, 15) is 14.0 Å². The normalized spacial score (nSPS) is 15.2. The summed E-state index contributed by atoms with van der Waals surface area (Å²) in [5.41, 5.74) is 2.60. The fourth-order valence-electron chi connectivity index (χ4n) is 3.59. The molecular weight excluding hydrogens is 445 g/mol. The summed E-state index contributed by atoms with van der Waals surface area (Å²) in [7, 11) is 0. The van der Waals surface area contributed by atoms with Crippen LogP contribution in [-0.4, -0.2) is 39.1 Å². The Morgan fingerprint density at radius 1 is 1.19 bits per heavy atom. The molecule has 164 valence electrons. The maximum atomic E-state index is 13.9. The number of aromatic nitrogens is 1. The maximum absolute atomic E-state index is 13.9. The molecular formula is C24H22FN3O2S2. The number of para-hydroxylation sites is 1. The van der Waals surface area contributed by atoms with Crippen LogP contribution in [-0.2, 0) is 16.0 Å². The van der Waals surface area contributed by atoms with Crippen molar-refractivity contribution < 1.29 is 14.0 Å². The van der Waals surface area contributed by atoms with Gasteiger partial charge in [-0.3, -0.25) is 14.5 Å². The van der Waals surface area contributed by atoms with Gasteiger partial charge in [-0.15, -0.1) is 0 Å². The van der Waals surface area contributed by atoms with Crippen molar-refractivity contribution >= 4 is 57.1 Å². The van der Waals surface area contributed by atoms with E-state index in [1.165, 1.54) is 28.0 Å². The van der Waals surface area contributed by atoms with Gasteiger partial charge in [0.15, 0.2) is 0 Å². The molecule has 1 aromatic heterocycles. The minimum atomic E-state index is -0.387. The number of carbonyl (C=O) groups is 2. The topological polar surface area (TPSA) is 65.2 Å². The molecule has 0 atom stereocenters. The molecule has 4 rings (SSSR count). The molecule has 2 amide bonds. The number of rotatable bonds is 8. The van der Waals surface area contributed by atoms with Crippen molar-refractivity contribution in [3.63, 3.8) is 0 Å². The van der Waals surface area contributed by atoms with Crippen LogP contribution in [0.1, 0.15) is 24.0 Å². The van der Waals surface area contributed by atoms with Crippen LogP contribution >= 0.6 is 24.0 Å². The Kier molecular flexibility index (Phi) is 7.02. The highest BCUT2D eigenvalue weighted by atomic mass is 32.2. The molecule has 0 bridgehead atoms. The highest BCUT2D eigenvalue weighted by molar-refractivity contribution is 8.26. The van der Waals surface area contributed by atoms with E-state index in [-0.39, 0.29) is 17.6 Å². The number of thiocarbonyl (C=S) groups is 1. The predicted octanol–water partition coefficient (Wildman–Crippen LogP) is 4.65. The van der Waals surface area contributed by atoms with E-state index in [2.05, 4.69) is 16.4 Å². The Morgan fingerprint density at radius 3 is 2.81 bits per heavy atom. The number of amides is 2. The molecule has 8 heteroatoms. The minimum absolute atomic E-state index is 0.0582. The lowest BCUT2D eigenvalue weighted by Gasteiger charge is -2.14. The molecule has 5 nitrogen and oxygen atoms in total. The van der Waals surface area contributed by atoms with Gasteiger partial charge in [-0.25, -0.2) is 4.39 Å². The standard InChI is InChI=1S/C24H22FN3O2S2/c25-19-8-3-1-6-16(19)14-21-23(30)28(24(31)32-21)13-5-10-22(29)26-12-11-17-15-27-20-9-4-2-7-18(17)20/h1-4,6-9,14-15,27H,5,10-13H2,(H,26,29). The number of fused-ring (bicyclic) bond motifs is 1. The fourth-order valence-corrected chi connectivity index (χ4v) is 4.89. The minimum Gasteiger partial charge on any atom is -0.361 e. The Hall–Kier alpha value is -2.97. The lowest BCUT2D eigenvalue weighted by molar-refractivity contribution is -0.123. The summed E-state index contributed by atoms with van der Waals surface area (Å²) in [6.45, 7) is 0.905. The first-order valence-corrected chi connectivity index (χ1v) is 11.6. The molecule has 1 aliphatic rings. The van der Waals surface area contributed by atoms with Crippen molar-refractivity contribution in [2.75, 3.05) is 13.1 Å². The van der Waals surface area contributed by atoms with Crippen molar-refractivity contribution in [3.05, 3.63) is 76.6 Å². The van der Waals surface area contributed by atoms with Crippen molar-refractivity contribution in [2.24, 2.45) is 0 Å². The van der Waals surface area contributed by atoms with Gasteiger partial charge < -0.3 is 10.3 Å². The molecule has 0 saturated carbocycles. The van der Waals surface area contributed by atoms with Crippen LogP contribution in [0.2, 0.25) is 0 Å². The summed E-state index contributed by atoms with van der Waals surface area (Å²) in [6, 6.07) is 14.3. The van der Waals surface area contributed by atoms with Gasteiger partial charge in [-0.2, -0.15) is 0 Å². The Bertz CT molecular complexity index is 1200. The number of benzene rings is 2. The van der Waals surface area contributed by atoms with Crippen molar-refractivity contribution in [1.82, 2.24) is 15.2 Å². The fraction of sp³-hybridized carbons (Fsp3) is 0.208. The van der Waals surface area contributed by atoms with E-state index in [0.29, 0.717) is 40.7 Å². The SMILES string of the molecule is O=C(CCCN1C(=O)C(=Cc2ccccc2F)SC1=S)NCCc1c[nH]c2ccccc12. The number of thioether (sulfide) groups is 1. The van der Waals surface area contributed by atoms with Crippen LogP contribution in [0.4, 0.5) is 4.39 Å². The third-order valence-electron chi connectivity index (χ3n) is 5.24. The molecule has 32 heavy (non-hydrogen) atoms. The summed E-state index contributed by atoms with van der Waals surface area (Å²) >= 11 is 6.46. The zero-order valence-electron chi connectivity index (χ0n) is 17.3. The third kappa shape index (κ3) is 5.08. The maximum Gasteiger partial charge on any atom is 0.266 e. The van der Waals surface area contributed by atoms with Gasteiger partial charge in [0.2, 0.25) is 5.91 Å². The van der Waals surface area contributed by atoms with Crippen LogP contribution in [0.5, 0.6) is 0 Å². The van der Waals surface area contributed by atoms with E-state index >= 15 is 0 Å². The lowest BCUT2D eigenvalue weighted by Crippen LogP contribution is -2.31. The molecule has 0 unspecified atom stereocenters. The number of halogens is 1. The Labute approximate surface area is 195 Å². The van der Waals surface area contributed by atoms with Gasteiger partial charge >= 0.3 is 0 Å². The Morgan fingerprint density at radius 2 is 1.97 bits per heavy atom. The summed E-state index contributed by atoms with van der Waals surface area (Å²) in [5, 5.41) is 4.10. The van der Waals surface area contributed by atoms with Crippen LogP contribution in [0.3, 0.4) is 0 Å². The van der Waals surface area contributed by atoms with Gasteiger partial charge in [0.05, 0.1) is 4.91 Å². The molecule has 2 heterocycles. The molecule has 1 fully saturated rings. The van der Waals surface area contributed by atoms with E-state index < -0.39 is 0 Å². The third-order valence-corrected chi connectivity index (χ3v) is 6.62. The zero-order chi connectivity index (χ0) is 22.5. The average Bonchev–Trinajstić information content (AvgIpc) is 3.31. The average molecular weight is 468 g/mol. The van der Waals surface area contributed by atoms with Gasteiger partial charge in [0.1, 0.15) is 10.1 Å². The second kappa shape index (κ2) is 10.1. The number of aromatic amines is 1. The molecule has 0 radical (unpaired) electrons. The van der Waals surface area contributed by atoms with Gasteiger partial charge in [0, 0.05) is 42.2 Å². The van der Waals surface area contributed by atoms with Gasteiger partial charge in [-0.05, 0) is 36.6 Å². The molecule has 0 aliphatic carbocycles. The van der Waals surface area contributed by atoms with Crippen molar-refractivity contribution in [2.45, 2.75) is 19.3 Å². The number of carbonyl (C=O) groups excluding carboxylic acids is 2. The molecule has 1 saturated heterocycles. The first-order chi connectivity index (χ1) is 15.5. The van der Waals surface area contributed by atoms with Crippen LogP contribution in [0.15, 0.2) is 59.6 Å². The van der Waals surface area contributed by atoms with E-state index in [1.54, 1.807) is 18.2 Å². The van der Waals surface area contributed by atoms with E-state index in [0.717, 1.165) is 23.7 Å². The van der Waals surface area contributed by atoms with Crippen LogP contribution in [0, 0.1) is 5.82 Å². The summed E-state index contributed by atoms with van der Waals surface area (Å²) < 4.78 is 14.3. The zero-order valence-corrected chi connectivity index (χ0v) is 18.9. The monoisotopic (exact) mass is 467 g/mol. The molecule has 3 aromatic rings. The smallest absolute Gasteiger partial charge is 0.266 e. The number of H-pyrrole nitrogens is 1. The molecule has 2 N–H and O–H groups in total. The highest BCUT2D eigenvalue weighted by Gasteiger charge is 2.31. The van der Waals surface area contributed by atoms with E-state index in [1.807, 2.05) is 24.4 Å². The van der Waals surface area contributed by atoms with Gasteiger partial charge in [-0.1, -0.05) is 60.4 Å². The molecule has 2 aromatic carbocycles. The first kappa shape index (κ1) is 22.2. The number of nitrogens with zero attached hydrogens (tertiary/aromatic N) is 1. The second-order valence-electron chi connectivity index (χ2n) is 7.42. The highest BCUT2D eigenvalue weighted by Crippen LogP contribution is 2.33. The summed E-state index contributed by atoms with van der Waals surface area (Å²) in [6.07, 6.45) is 5.04. The molecule has 1 aliphatic heterocycles. The summed E-state index contributed by atoms with van der Waals surface area (Å²) in [4.78, 5) is 29.9. The van der Waals surface area contributed by atoms with Crippen LogP contribution < -0.4 is 5.32 Å². The van der Waals surface area contributed by atoms with Crippen LogP contribution in [0.25, 0.3) is 17.0 Å². The predicted molar refractivity (Wildman–Crippen MR) is 131 cm³/mol. The quantitative estimate of drug-likeness (QED) is 0.374.